The number of rotatable bonds is 3. The Hall–Kier alpha value is -2.15. The predicted octanol–water partition coefficient (Wildman–Crippen LogP) is 4.19. The van der Waals surface area contributed by atoms with Gasteiger partial charge in [0.2, 0.25) is 11.1 Å². The number of thioether (sulfide) groups is 1. The third-order valence-electron chi connectivity index (χ3n) is 4.75. The quantitative estimate of drug-likeness (QED) is 0.819. The van der Waals surface area contributed by atoms with E-state index in [0.29, 0.717) is 28.7 Å². The van der Waals surface area contributed by atoms with E-state index in [1.165, 1.54) is 12.1 Å². The van der Waals surface area contributed by atoms with Crippen molar-refractivity contribution in [3.8, 4) is 0 Å². The van der Waals surface area contributed by atoms with Gasteiger partial charge < -0.3 is 5.32 Å². The molecule has 1 aliphatic heterocycles. The lowest BCUT2D eigenvalue weighted by Crippen LogP contribution is -2.36. The van der Waals surface area contributed by atoms with Gasteiger partial charge in [0.25, 0.3) is 0 Å². The number of hydrogen-bond donors (Lipinski definition) is 1. The van der Waals surface area contributed by atoms with Gasteiger partial charge in [-0.05, 0) is 35.3 Å². The van der Waals surface area contributed by atoms with E-state index >= 15 is 0 Å². The molecular formula is C19H21FN4OS. The van der Waals surface area contributed by atoms with Gasteiger partial charge in [-0.15, -0.1) is 5.10 Å². The number of ketones is 1. The molecule has 0 radical (unpaired) electrons. The number of fused-ring (bicyclic) bond motifs is 1. The molecule has 0 saturated carbocycles. The van der Waals surface area contributed by atoms with Crippen molar-refractivity contribution in [1.29, 1.82) is 0 Å². The molecule has 0 spiro atoms. The van der Waals surface area contributed by atoms with Crippen LogP contribution in [0.3, 0.4) is 0 Å². The Morgan fingerprint density at radius 2 is 2.19 bits per heavy atom. The van der Waals surface area contributed by atoms with E-state index in [-0.39, 0.29) is 17.0 Å². The highest BCUT2D eigenvalue weighted by molar-refractivity contribution is 7.99. The molecule has 2 heterocycles. The molecular weight excluding hydrogens is 351 g/mol. The van der Waals surface area contributed by atoms with Gasteiger partial charge in [0.1, 0.15) is 11.9 Å². The number of aromatic nitrogens is 3. The van der Waals surface area contributed by atoms with Crippen LogP contribution in [0.1, 0.15) is 45.2 Å². The first kappa shape index (κ1) is 17.3. The van der Waals surface area contributed by atoms with Crippen molar-refractivity contribution in [2.45, 2.75) is 44.8 Å². The highest BCUT2D eigenvalue weighted by Gasteiger charge is 2.41. The van der Waals surface area contributed by atoms with Crippen molar-refractivity contribution in [3.63, 3.8) is 0 Å². The lowest BCUT2D eigenvalue weighted by Gasteiger charge is -2.38. The van der Waals surface area contributed by atoms with Gasteiger partial charge in [-0.1, -0.05) is 44.7 Å². The number of hydrogen-bond acceptors (Lipinski definition) is 5. The molecule has 0 saturated heterocycles. The predicted molar refractivity (Wildman–Crippen MR) is 99.6 cm³/mol. The first-order valence-electron chi connectivity index (χ1n) is 8.76. The molecule has 2 aromatic rings. The van der Waals surface area contributed by atoms with Crippen LogP contribution in [0, 0.1) is 11.2 Å². The molecule has 5 nitrogen and oxygen atoms in total. The summed E-state index contributed by atoms with van der Waals surface area (Å²) in [5.74, 6) is 1.23. The summed E-state index contributed by atoms with van der Waals surface area (Å²) in [7, 11) is 0. The van der Waals surface area contributed by atoms with E-state index in [0.717, 1.165) is 17.9 Å². The van der Waals surface area contributed by atoms with Crippen molar-refractivity contribution in [3.05, 3.63) is 46.9 Å². The lowest BCUT2D eigenvalue weighted by molar-refractivity contribution is -0.118. The van der Waals surface area contributed by atoms with E-state index in [1.807, 2.05) is 13.0 Å². The summed E-state index contributed by atoms with van der Waals surface area (Å²) in [4.78, 5) is 17.6. The number of nitrogens with one attached hydrogen (secondary N) is 1. The van der Waals surface area contributed by atoms with E-state index in [2.05, 4.69) is 29.2 Å². The molecule has 1 aromatic heterocycles. The minimum absolute atomic E-state index is 0.0869. The van der Waals surface area contributed by atoms with Crippen LogP contribution in [0.5, 0.6) is 0 Å². The van der Waals surface area contributed by atoms with Gasteiger partial charge in [0.15, 0.2) is 5.78 Å². The minimum atomic E-state index is -0.445. The number of anilines is 1. The Morgan fingerprint density at radius 3 is 2.92 bits per heavy atom. The topological polar surface area (TPSA) is 59.8 Å². The molecule has 0 bridgehead atoms. The molecule has 4 rings (SSSR count). The maximum Gasteiger partial charge on any atom is 0.227 e. The summed E-state index contributed by atoms with van der Waals surface area (Å²) in [6.07, 6.45) is 1.23. The Kier molecular flexibility index (Phi) is 4.14. The van der Waals surface area contributed by atoms with Gasteiger partial charge >= 0.3 is 0 Å². The van der Waals surface area contributed by atoms with E-state index in [4.69, 9.17) is 0 Å². The van der Waals surface area contributed by atoms with Crippen molar-refractivity contribution in [2.24, 2.45) is 5.41 Å². The van der Waals surface area contributed by atoms with Gasteiger partial charge in [0.05, 0.1) is 0 Å². The fourth-order valence-corrected chi connectivity index (χ4v) is 4.32. The highest BCUT2D eigenvalue weighted by atomic mass is 32.2. The number of carbonyl (C=O) groups is 1. The monoisotopic (exact) mass is 372 g/mol. The average Bonchev–Trinajstić information content (AvgIpc) is 2.94. The Balaban J connectivity index is 1.89. The second-order valence-electron chi connectivity index (χ2n) is 7.51. The molecule has 26 heavy (non-hydrogen) atoms. The van der Waals surface area contributed by atoms with Crippen molar-refractivity contribution in [2.75, 3.05) is 11.1 Å². The first-order valence-corrected chi connectivity index (χ1v) is 9.74. The van der Waals surface area contributed by atoms with Crippen molar-refractivity contribution >= 4 is 23.5 Å². The zero-order chi connectivity index (χ0) is 18.5. The highest BCUT2D eigenvalue weighted by Crippen LogP contribution is 2.45. The molecule has 1 aliphatic carbocycles. The van der Waals surface area contributed by atoms with Crippen LogP contribution in [0.2, 0.25) is 0 Å². The summed E-state index contributed by atoms with van der Waals surface area (Å²) in [5.41, 5.74) is 2.17. The van der Waals surface area contributed by atoms with Gasteiger partial charge in [-0.25, -0.2) is 9.07 Å². The summed E-state index contributed by atoms with van der Waals surface area (Å²) >= 11 is 1.54. The number of allylic oxidation sites excluding steroid dienone is 2. The smallest absolute Gasteiger partial charge is 0.227 e. The maximum atomic E-state index is 13.9. The van der Waals surface area contributed by atoms with Gasteiger partial charge in [0, 0.05) is 17.7 Å². The average molecular weight is 372 g/mol. The van der Waals surface area contributed by atoms with E-state index in [9.17, 15) is 9.18 Å². The molecule has 1 atom stereocenters. The van der Waals surface area contributed by atoms with Crippen LogP contribution in [-0.2, 0) is 4.79 Å². The van der Waals surface area contributed by atoms with Crippen LogP contribution in [-0.4, -0.2) is 26.3 Å². The van der Waals surface area contributed by atoms with Crippen LogP contribution in [0.25, 0.3) is 0 Å². The van der Waals surface area contributed by atoms with Crippen LogP contribution in [0.4, 0.5) is 10.3 Å². The molecule has 136 valence electrons. The fraction of sp³-hybridized carbons (Fsp3) is 0.421. The molecule has 0 fully saturated rings. The molecule has 7 heteroatoms. The Labute approximate surface area is 156 Å². The Bertz CT molecular complexity index is 918. The normalized spacial score (nSPS) is 21.2. The van der Waals surface area contributed by atoms with Crippen molar-refractivity contribution in [1.82, 2.24) is 14.8 Å². The number of benzene rings is 1. The first-order chi connectivity index (χ1) is 12.4. The summed E-state index contributed by atoms with van der Waals surface area (Å²) < 4.78 is 15.6. The number of halogens is 1. The molecule has 1 N–H and O–H groups in total. The third-order valence-corrected chi connectivity index (χ3v) is 5.47. The lowest BCUT2D eigenvalue weighted by atomic mass is 9.73. The fourth-order valence-electron chi connectivity index (χ4n) is 3.76. The Morgan fingerprint density at radius 1 is 1.38 bits per heavy atom. The van der Waals surface area contributed by atoms with E-state index in [1.54, 1.807) is 22.5 Å². The number of nitrogens with zero attached hydrogens (tertiary/aromatic N) is 3. The standard InChI is InChI=1S/C19H21FN4OS/c1-4-26-18-22-17-21-13-9-19(2,3)10-14(25)15(13)16(24(17)23-18)11-6-5-7-12(20)8-11/h5-8,16H,4,9-10H2,1-3H3,(H,21,22,23)/t16-/m1/s1. The largest absolute Gasteiger partial charge is 0.328 e. The van der Waals surface area contributed by atoms with Crippen molar-refractivity contribution < 1.29 is 9.18 Å². The SMILES string of the molecule is CCSc1nc2n(n1)[C@H](c1cccc(F)c1)C1=C(CC(C)(C)CC1=O)N2. The second-order valence-corrected chi connectivity index (χ2v) is 8.74. The third kappa shape index (κ3) is 2.94. The minimum Gasteiger partial charge on any atom is -0.328 e. The molecule has 0 unspecified atom stereocenters. The zero-order valence-electron chi connectivity index (χ0n) is 15.0. The van der Waals surface area contributed by atoms with Crippen LogP contribution < -0.4 is 5.32 Å². The van der Waals surface area contributed by atoms with Crippen LogP contribution in [0.15, 0.2) is 40.7 Å². The molecule has 2 aliphatic rings. The summed E-state index contributed by atoms with van der Waals surface area (Å²) in [6, 6.07) is 5.95. The van der Waals surface area contributed by atoms with Gasteiger partial charge in [-0.3, -0.25) is 4.79 Å². The number of carbonyl (C=O) groups excluding carboxylic acids is 1. The summed E-state index contributed by atoms with van der Waals surface area (Å²) in [5, 5.41) is 8.56. The van der Waals surface area contributed by atoms with E-state index < -0.39 is 6.04 Å². The van der Waals surface area contributed by atoms with Crippen LogP contribution >= 0.6 is 11.8 Å². The second kappa shape index (κ2) is 6.23. The number of Topliss-reactive ketones (excluding diaryl/α,β-unsaturated/α-hetero) is 1. The van der Waals surface area contributed by atoms with Gasteiger partial charge in [-0.2, -0.15) is 4.98 Å². The molecule has 0 amide bonds. The molecule has 1 aromatic carbocycles. The maximum absolute atomic E-state index is 13.9. The summed E-state index contributed by atoms with van der Waals surface area (Å²) in [6.45, 7) is 6.22. The zero-order valence-corrected chi connectivity index (χ0v) is 15.9.